The summed E-state index contributed by atoms with van der Waals surface area (Å²) in [6.07, 6.45) is 1.53. The quantitative estimate of drug-likeness (QED) is 0.853. The number of hydrogen-bond acceptors (Lipinski definition) is 5. The fourth-order valence-electron chi connectivity index (χ4n) is 1.58. The van der Waals surface area contributed by atoms with E-state index < -0.39 is 10.0 Å². The van der Waals surface area contributed by atoms with Gasteiger partial charge in [-0.2, -0.15) is 0 Å². The molecule has 0 unspecified atom stereocenters. The van der Waals surface area contributed by atoms with Crippen LogP contribution < -0.4 is 10.0 Å². The van der Waals surface area contributed by atoms with Gasteiger partial charge in [0, 0.05) is 18.1 Å². The van der Waals surface area contributed by atoms with E-state index in [0.717, 1.165) is 12.1 Å². The molecule has 5 nitrogen and oxygen atoms in total. The van der Waals surface area contributed by atoms with Crippen LogP contribution in [0.2, 0.25) is 5.02 Å². The highest BCUT2D eigenvalue weighted by molar-refractivity contribution is 7.93. The molecule has 1 aromatic carbocycles. The maximum absolute atomic E-state index is 12.3. The van der Waals surface area contributed by atoms with Gasteiger partial charge in [-0.25, -0.2) is 13.4 Å². The molecule has 0 aliphatic carbocycles. The number of aromatic nitrogens is 1. The monoisotopic (exact) mass is 331 g/mol. The van der Waals surface area contributed by atoms with Crippen molar-refractivity contribution in [2.75, 3.05) is 11.3 Å². The van der Waals surface area contributed by atoms with Gasteiger partial charge in [-0.1, -0.05) is 24.6 Å². The molecule has 0 aliphatic heterocycles. The van der Waals surface area contributed by atoms with Crippen molar-refractivity contribution in [2.45, 2.75) is 18.4 Å². The van der Waals surface area contributed by atoms with Crippen molar-refractivity contribution in [2.24, 2.45) is 0 Å². The first-order valence-corrected chi connectivity index (χ1v) is 8.68. The van der Waals surface area contributed by atoms with E-state index in [9.17, 15) is 8.42 Å². The molecule has 8 heteroatoms. The molecule has 0 bridgehead atoms. The number of sulfonamides is 1. The number of thiazole rings is 1. The Morgan fingerprint density at radius 3 is 2.85 bits per heavy atom. The Hall–Kier alpha value is -1.15. The first kappa shape index (κ1) is 15.2. The van der Waals surface area contributed by atoms with Crippen molar-refractivity contribution in [3.05, 3.63) is 40.4 Å². The number of benzene rings is 1. The molecule has 0 radical (unpaired) electrons. The Bertz CT molecular complexity index is 672. The second-order valence-electron chi connectivity index (χ2n) is 3.99. The molecule has 1 heterocycles. The third kappa shape index (κ3) is 3.69. The van der Waals surface area contributed by atoms with E-state index in [4.69, 9.17) is 11.6 Å². The van der Waals surface area contributed by atoms with Gasteiger partial charge in [0.1, 0.15) is 4.90 Å². The molecule has 108 valence electrons. The van der Waals surface area contributed by atoms with Crippen molar-refractivity contribution in [3.63, 3.8) is 0 Å². The molecule has 2 rings (SSSR count). The average Bonchev–Trinajstić information content (AvgIpc) is 2.89. The van der Waals surface area contributed by atoms with E-state index in [-0.39, 0.29) is 9.92 Å². The van der Waals surface area contributed by atoms with Crippen molar-refractivity contribution >= 4 is 38.1 Å². The topological polar surface area (TPSA) is 71.1 Å². The van der Waals surface area contributed by atoms with Crippen LogP contribution in [-0.4, -0.2) is 19.9 Å². The first-order valence-electron chi connectivity index (χ1n) is 5.94. The molecule has 0 saturated carbocycles. The van der Waals surface area contributed by atoms with E-state index in [0.29, 0.717) is 11.7 Å². The molecule has 0 saturated heterocycles. The number of halogens is 1. The van der Waals surface area contributed by atoms with Crippen LogP contribution in [-0.2, 0) is 16.6 Å². The molecule has 2 aromatic rings. The van der Waals surface area contributed by atoms with Crippen molar-refractivity contribution in [1.29, 1.82) is 0 Å². The van der Waals surface area contributed by atoms with Gasteiger partial charge in [-0.05, 0) is 24.2 Å². The van der Waals surface area contributed by atoms with Crippen LogP contribution in [0.4, 0.5) is 5.13 Å². The summed E-state index contributed by atoms with van der Waals surface area (Å²) >= 11 is 7.21. The summed E-state index contributed by atoms with van der Waals surface area (Å²) in [4.78, 5) is 3.96. The van der Waals surface area contributed by atoms with Crippen LogP contribution in [0.25, 0.3) is 0 Å². The summed E-state index contributed by atoms with van der Waals surface area (Å²) in [5.41, 5.74) is 0.857. The summed E-state index contributed by atoms with van der Waals surface area (Å²) in [7, 11) is -3.72. The highest BCUT2D eigenvalue weighted by Gasteiger charge is 2.19. The Balaban J connectivity index is 2.30. The molecule has 0 spiro atoms. The minimum atomic E-state index is -3.72. The zero-order chi connectivity index (χ0) is 14.6. The molecular weight excluding hydrogens is 318 g/mol. The van der Waals surface area contributed by atoms with Gasteiger partial charge in [0.15, 0.2) is 5.13 Å². The lowest BCUT2D eigenvalue weighted by Crippen LogP contribution is -2.15. The van der Waals surface area contributed by atoms with Crippen molar-refractivity contribution < 1.29 is 8.42 Å². The molecule has 20 heavy (non-hydrogen) atoms. The summed E-state index contributed by atoms with van der Waals surface area (Å²) in [5, 5.41) is 5.34. The van der Waals surface area contributed by atoms with E-state index in [1.165, 1.54) is 17.5 Å². The molecule has 0 aliphatic rings. The normalized spacial score (nSPS) is 11.5. The van der Waals surface area contributed by atoms with Crippen molar-refractivity contribution in [3.8, 4) is 0 Å². The standard InChI is InChI=1S/C12H14ClN3O2S2/c1-2-14-8-9-3-4-10(13)11(7-9)20(17,18)16-12-15-5-6-19-12/h3-7,14H,2,8H2,1H3,(H,15,16). The SMILES string of the molecule is CCNCc1ccc(Cl)c(S(=O)(=O)Nc2nccs2)c1. The zero-order valence-electron chi connectivity index (χ0n) is 10.8. The minimum absolute atomic E-state index is 0.0600. The third-order valence-corrected chi connectivity index (χ3v) is 5.16. The number of nitrogens with one attached hydrogen (secondary N) is 2. The second kappa shape index (κ2) is 6.53. The fraction of sp³-hybridized carbons (Fsp3) is 0.250. The Kier molecular flexibility index (Phi) is 4.98. The van der Waals surface area contributed by atoms with Crippen molar-refractivity contribution in [1.82, 2.24) is 10.3 Å². The maximum Gasteiger partial charge on any atom is 0.265 e. The summed E-state index contributed by atoms with van der Waals surface area (Å²) in [6, 6.07) is 4.96. The van der Waals surface area contributed by atoms with Crippen LogP contribution in [0.3, 0.4) is 0 Å². The largest absolute Gasteiger partial charge is 0.313 e. The highest BCUT2D eigenvalue weighted by atomic mass is 35.5. The van der Waals surface area contributed by atoms with Gasteiger partial charge in [-0.3, -0.25) is 4.72 Å². The van der Waals surface area contributed by atoms with Gasteiger partial charge in [0.2, 0.25) is 0 Å². The van der Waals surface area contributed by atoms with Crippen LogP contribution in [0.5, 0.6) is 0 Å². The minimum Gasteiger partial charge on any atom is -0.313 e. The smallest absolute Gasteiger partial charge is 0.265 e. The fourth-order valence-corrected chi connectivity index (χ4v) is 3.92. The maximum atomic E-state index is 12.3. The Labute approximate surface area is 127 Å². The Morgan fingerprint density at radius 1 is 1.40 bits per heavy atom. The average molecular weight is 332 g/mol. The molecule has 0 amide bonds. The highest BCUT2D eigenvalue weighted by Crippen LogP contribution is 2.25. The first-order chi connectivity index (χ1) is 9.53. The lowest BCUT2D eigenvalue weighted by molar-refractivity contribution is 0.601. The van der Waals surface area contributed by atoms with Gasteiger partial charge < -0.3 is 5.32 Å². The third-order valence-electron chi connectivity index (χ3n) is 2.52. The van der Waals surface area contributed by atoms with E-state index in [1.807, 2.05) is 6.92 Å². The molecule has 2 N–H and O–H groups in total. The number of rotatable bonds is 6. The van der Waals surface area contributed by atoms with Gasteiger partial charge in [0.05, 0.1) is 5.02 Å². The van der Waals surface area contributed by atoms with Crippen LogP contribution in [0.1, 0.15) is 12.5 Å². The number of nitrogens with zero attached hydrogens (tertiary/aromatic N) is 1. The predicted molar refractivity (Wildman–Crippen MR) is 81.8 cm³/mol. The van der Waals surface area contributed by atoms with E-state index in [2.05, 4.69) is 15.0 Å². The summed E-state index contributed by atoms with van der Waals surface area (Å²) in [6.45, 7) is 3.38. The van der Waals surface area contributed by atoms with Gasteiger partial charge in [-0.15, -0.1) is 11.3 Å². The molecule has 0 fully saturated rings. The summed E-state index contributed by atoms with van der Waals surface area (Å²) in [5.74, 6) is 0. The Morgan fingerprint density at radius 2 is 2.20 bits per heavy atom. The lowest BCUT2D eigenvalue weighted by Gasteiger charge is -2.09. The van der Waals surface area contributed by atoms with Crippen LogP contribution in [0, 0.1) is 0 Å². The molecule has 1 aromatic heterocycles. The van der Waals surface area contributed by atoms with Crippen LogP contribution >= 0.6 is 22.9 Å². The van der Waals surface area contributed by atoms with Gasteiger partial charge >= 0.3 is 0 Å². The lowest BCUT2D eigenvalue weighted by atomic mass is 10.2. The second-order valence-corrected chi connectivity index (χ2v) is 6.94. The molecule has 0 atom stereocenters. The predicted octanol–water partition coefficient (Wildman–Crippen LogP) is 2.71. The summed E-state index contributed by atoms with van der Waals surface area (Å²) < 4.78 is 27.0. The van der Waals surface area contributed by atoms with E-state index >= 15 is 0 Å². The van der Waals surface area contributed by atoms with E-state index in [1.54, 1.807) is 23.6 Å². The number of hydrogen-bond donors (Lipinski definition) is 2. The van der Waals surface area contributed by atoms with Gasteiger partial charge in [0.25, 0.3) is 10.0 Å². The zero-order valence-corrected chi connectivity index (χ0v) is 13.1. The molecular formula is C12H14ClN3O2S2. The number of anilines is 1. The van der Waals surface area contributed by atoms with Crippen LogP contribution in [0.15, 0.2) is 34.7 Å².